The summed E-state index contributed by atoms with van der Waals surface area (Å²) in [5.41, 5.74) is 0.667. The van der Waals surface area contributed by atoms with Crippen molar-refractivity contribution in [2.45, 2.75) is 13.1 Å². The quantitative estimate of drug-likeness (QED) is 0.585. The van der Waals surface area contributed by atoms with Gasteiger partial charge < -0.3 is 9.73 Å². The van der Waals surface area contributed by atoms with E-state index in [-0.39, 0.29) is 24.6 Å². The predicted molar refractivity (Wildman–Crippen MR) is 97.7 cm³/mol. The van der Waals surface area contributed by atoms with Gasteiger partial charge in [0, 0.05) is 15.8 Å². The average Bonchev–Trinajstić information content (AvgIpc) is 3.36. The van der Waals surface area contributed by atoms with Gasteiger partial charge >= 0.3 is 0 Å². The minimum absolute atomic E-state index is 0.0811. The van der Waals surface area contributed by atoms with Crippen LogP contribution < -0.4 is 10.9 Å². The first kappa shape index (κ1) is 15.8. The van der Waals surface area contributed by atoms with E-state index in [2.05, 4.69) is 10.3 Å². The summed E-state index contributed by atoms with van der Waals surface area (Å²) in [5.74, 6) is 0.389. The first-order valence-electron chi connectivity index (χ1n) is 7.52. The Kier molecular flexibility index (Phi) is 4.21. The number of thiophene rings is 2. The highest BCUT2D eigenvalue weighted by molar-refractivity contribution is 7.18. The molecule has 0 radical (unpaired) electrons. The van der Waals surface area contributed by atoms with E-state index in [4.69, 9.17) is 4.42 Å². The van der Waals surface area contributed by atoms with Gasteiger partial charge in [0.25, 0.3) is 5.56 Å². The Hall–Kier alpha value is -2.71. The first-order valence-corrected chi connectivity index (χ1v) is 9.28. The van der Waals surface area contributed by atoms with Gasteiger partial charge in [0.1, 0.15) is 17.1 Å². The summed E-state index contributed by atoms with van der Waals surface area (Å²) in [7, 11) is 0. The number of fused-ring (bicyclic) bond motifs is 1. The molecule has 0 bridgehead atoms. The highest BCUT2D eigenvalue weighted by atomic mass is 32.1. The van der Waals surface area contributed by atoms with Crippen LogP contribution in [0.4, 0.5) is 0 Å². The summed E-state index contributed by atoms with van der Waals surface area (Å²) in [4.78, 5) is 30.9. The van der Waals surface area contributed by atoms with Crippen LogP contribution in [0.25, 0.3) is 20.7 Å². The highest BCUT2D eigenvalue weighted by Gasteiger charge is 2.15. The topological polar surface area (TPSA) is 77.1 Å². The third kappa shape index (κ3) is 3.13. The van der Waals surface area contributed by atoms with E-state index in [0.29, 0.717) is 16.0 Å². The number of rotatable bonds is 5. The Bertz CT molecular complexity index is 1060. The number of carbonyl (C=O) groups excluding carboxylic acids is 1. The molecule has 0 aliphatic carbocycles. The van der Waals surface area contributed by atoms with Crippen molar-refractivity contribution in [3.8, 4) is 10.4 Å². The van der Waals surface area contributed by atoms with Gasteiger partial charge in [0.2, 0.25) is 5.91 Å². The van der Waals surface area contributed by atoms with Crippen molar-refractivity contribution in [2.75, 3.05) is 0 Å². The summed E-state index contributed by atoms with van der Waals surface area (Å²) in [6.07, 6.45) is 2.97. The molecule has 126 valence electrons. The molecule has 8 heteroatoms. The normalized spacial score (nSPS) is 11.0. The zero-order chi connectivity index (χ0) is 17.2. The molecule has 0 aliphatic rings. The number of nitrogens with one attached hydrogen (secondary N) is 1. The first-order chi connectivity index (χ1) is 12.2. The Morgan fingerprint density at radius 3 is 2.96 bits per heavy atom. The lowest BCUT2D eigenvalue weighted by Crippen LogP contribution is -2.32. The third-order valence-corrected chi connectivity index (χ3v) is 5.49. The smallest absolute Gasteiger partial charge is 0.263 e. The lowest BCUT2D eigenvalue weighted by atomic mass is 10.2. The zero-order valence-corrected chi connectivity index (χ0v) is 14.6. The Labute approximate surface area is 150 Å². The number of nitrogens with zero attached hydrogens (tertiary/aromatic N) is 2. The van der Waals surface area contributed by atoms with Gasteiger partial charge in [-0.15, -0.1) is 22.7 Å². The number of amides is 1. The van der Waals surface area contributed by atoms with Crippen LogP contribution in [0.15, 0.2) is 56.8 Å². The molecule has 0 atom stereocenters. The molecule has 0 saturated heterocycles. The van der Waals surface area contributed by atoms with Crippen molar-refractivity contribution in [3.05, 3.63) is 63.7 Å². The van der Waals surface area contributed by atoms with Gasteiger partial charge in [-0.2, -0.15) is 0 Å². The second kappa shape index (κ2) is 6.66. The third-order valence-electron chi connectivity index (χ3n) is 3.70. The van der Waals surface area contributed by atoms with E-state index in [1.54, 1.807) is 29.7 Å². The monoisotopic (exact) mass is 371 g/mol. The fraction of sp³-hybridized carbons (Fsp3) is 0.118. The number of furan rings is 1. The van der Waals surface area contributed by atoms with Crippen LogP contribution >= 0.6 is 22.7 Å². The summed E-state index contributed by atoms with van der Waals surface area (Å²) in [5, 5.41) is 7.20. The zero-order valence-electron chi connectivity index (χ0n) is 13.0. The van der Waals surface area contributed by atoms with E-state index < -0.39 is 0 Å². The van der Waals surface area contributed by atoms with Crippen molar-refractivity contribution >= 4 is 38.8 Å². The van der Waals surface area contributed by atoms with Crippen LogP contribution in [-0.4, -0.2) is 15.5 Å². The molecular formula is C17H13N3O3S2. The average molecular weight is 371 g/mol. The highest BCUT2D eigenvalue weighted by Crippen LogP contribution is 2.33. The maximum absolute atomic E-state index is 12.8. The molecule has 4 aromatic rings. The van der Waals surface area contributed by atoms with Crippen molar-refractivity contribution in [2.24, 2.45) is 0 Å². The maximum Gasteiger partial charge on any atom is 0.263 e. The van der Waals surface area contributed by atoms with Gasteiger partial charge in [-0.3, -0.25) is 14.2 Å². The SMILES string of the molecule is O=C(Cn1cnc2scc(-c3cccs3)c2c1=O)NCc1ccco1. The number of hydrogen-bond donors (Lipinski definition) is 1. The molecular weight excluding hydrogens is 358 g/mol. The molecule has 0 aromatic carbocycles. The van der Waals surface area contributed by atoms with Crippen LogP contribution in [0.2, 0.25) is 0 Å². The molecule has 1 amide bonds. The standard InChI is InChI=1S/C17H13N3O3S2/c21-14(18-7-11-3-1-5-23-11)8-20-10-19-16-15(17(20)22)12(9-25-16)13-4-2-6-24-13/h1-6,9-10H,7-8H2,(H,18,21). The van der Waals surface area contributed by atoms with Crippen LogP contribution in [0, 0.1) is 0 Å². The van der Waals surface area contributed by atoms with Gasteiger partial charge in [-0.25, -0.2) is 4.98 Å². The fourth-order valence-corrected chi connectivity index (χ4v) is 4.22. The Morgan fingerprint density at radius 2 is 2.20 bits per heavy atom. The van der Waals surface area contributed by atoms with E-state index in [1.807, 2.05) is 22.9 Å². The van der Waals surface area contributed by atoms with Crippen LogP contribution in [-0.2, 0) is 17.9 Å². The summed E-state index contributed by atoms with van der Waals surface area (Å²) in [6.45, 7) is 0.206. The second-order valence-electron chi connectivity index (χ2n) is 5.34. The minimum Gasteiger partial charge on any atom is -0.467 e. The maximum atomic E-state index is 12.8. The molecule has 4 aromatic heterocycles. The van der Waals surface area contributed by atoms with Crippen molar-refractivity contribution in [3.63, 3.8) is 0 Å². The molecule has 0 fully saturated rings. The largest absolute Gasteiger partial charge is 0.467 e. The molecule has 25 heavy (non-hydrogen) atoms. The molecule has 1 N–H and O–H groups in total. The molecule has 4 heterocycles. The Balaban J connectivity index is 1.60. The van der Waals surface area contributed by atoms with Crippen LogP contribution in [0.5, 0.6) is 0 Å². The molecule has 0 aliphatic heterocycles. The number of hydrogen-bond acceptors (Lipinski definition) is 6. The van der Waals surface area contributed by atoms with Crippen LogP contribution in [0.1, 0.15) is 5.76 Å². The predicted octanol–water partition coefficient (Wildman–Crippen LogP) is 3.10. The summed E-state index contributed by atoms with van der Waals surface area (Å²) >= 11 is 3.00. The van der Waals surface area contributed by atoms with Gasteiger partial charge in [-0.1, -0.05) is 6.07 Å². The molecule has 0 spiro atoms. The Morgan fingerprint density at radius 1 is 1.28 bits per heavy atom. The molecule has 6 nitrogen and oxygen atoms in total. The fourth-order valence-electron chi connectivity index (χ4n) is 2.50. The van der Waals surface area contributed by atoms with Crippen LogP contribution in [0.3, 0.4) is 0 Å². The van der Waals surface area contributed by atoms with E-state index in [1.165, 1.54) is 22.2 Å². The number of aromatic nitrogens is 2. The van der Waals surface area contributed by atoms with Crippen molar-refractivity contribution in [1.29, 1.82) is 0 Å². The second-order valence-corrected chi connectivity index (χ2v) is 7.15. The van der Waals surface area contributed by atoms with E-state index in [9.17, 15) is 9.59 Å². The van der Waals surface area contributed by atoms with Crippen molar-refractivity contribution < 1.29 is 9.21 Å². The molecule has 0 saturated carbocycles. The minimum atomic E-state index is -0.271. The molecule has 4 rings (SSSR count). The van der Waals surface area contributed by atoms with Gasteiger partial charge in [0.15, 0.2) is 0 Å². The van der Waals surface area contributed by atoms with Gasteiger partial charge in [0.05, 0.1) is 24.5 Å². The number of carbonyl (C=O) groups is 1. The molecule has 0 unspecified atom stereocenters. The van der Waals surface area contributed by atoms with Gasteiger partial charge in [-0.05, 0) is 23.6 Å². The lowest BCUT2D eigenvalue weighted by Gasteiger charge is -2.06. The summed E-state index contributed by atoms with van der Waals surface area (Å²) in [6, 6.07) is 7.45. The summed E-state index contributed by atoms with van der Waals surface area (Å²) < 4.78 is 6.51. The lowest BCUT2D eigenvalue weighted by molar-refractivity contribution is -0.121. The van der Waals surface area contributed by atoms with Crippen molar-refractivity contribution in [1.82, 2.24) is 14.9 Å². The van der Waals surface area contributed by atoms with E-state index in [0.717, 1.165) is 10.4 Å². The van der Waals surface area contributed by atoms with E-state index >= 15 is 0 Å².